The molecular formula is C12H22ClNO2S. The Bertz CT molecular complexity index is 340. The fraction of sp³-hybridized carbons (Fsp3) is 1.00. The van der Waals surface area contributed by atoms with E-state index >= 15 is 0 Å². The van der Waals surface area contributed by atoms with Crippen molar-refractivity contribution in [3.63, 3.8) is 0 Å². The van der Waals surface area contributed by atoms with E-state index in [0.29, 0.717) is 35.9 Å². The van der Waals surface area contributed by atoms with Crippen LogP contribution in [-0.2, 0) is 10.0 Å². The van der Waals surface area contributed by atoms with Gasteiger partial charge >= 0.3 is 0 Å². The summed E-state index contributed by atoms with van der Waals surface area (Å²) in [6.07, 6.45) is 6.87. The molecule has 2 aliphatic rings. The van der Waals surface area contributed by atoms with Gasteiger partial charge in [0, 0.05) is 12.4 Å². The minimum atomic E-state index is -3.04. The lowest BCUT2D eigenvalue weighted by molar-refractivity contribution is 0.260. The maximum atomic E-state index is 11.8. The molecular weight excluding hydrogens is 258 g/mol. The molecule has 17 heavy (non-hydrogen) atoms. The van der Waals surface area contributed by atoms with E-state index in [-0.39, 0.29) is 0 Å². The second-order valence-corrected chi connectivity index (χ2v) is 7.69. The Morgan fingerprint density at radius 1 is 1.06 bits per heavy atom. The Morgan fingerprint density at radius 2 is 1.71 bits per heavy atom. The Labute approximate surface area is 109 Å². The fourth-order valence-electron chi connectivity index (χ4n) is 2.64. The Morgan fingerprint density at radius 3 is 2.29 bits per heavy atom. The van der Waals surface area contributed by atoms with Crippen LogP contribution in [0.3, 0.4) is 0 Å². The van der Waals surface area contributed by atoms with Crippen LogP contribution in [0, 0.1) is 17.8 Å². The van der Waals surface area contributed by atoms with Crippen molar-refractivity contribution in [2.75, 3.05) is 18.2 Å². The molecule has 2 saturated carbocycles. The number of alkyl halides is 1. The molecule has 1 N–H and O–H groups in total. The molecule has 0 aromatic carbocycles. The van der Waals surface area contributed by atoms with Crippen LogP contribution in [0.5, 0.6) is 0 Å². The molecule has 0 spiro atoms. The number of rotatable bonds is 6. The van der Waals surface area contributed by atoms with Crippen LogP contribution in [0.4, 0.5) is 0 Å². The lowest BCUT2D eigenvalue weighted by atomic mass is 9.80. The molecule has 0 heterocycles. The lowest BCUT2D eigenvalue weighted by Gasteiger charge is -2.30. The maximum absolute atomic E-state index is 11.8. The van der Waals surface area contributed by atoms with Crippen molar-refractivity contribution in [2.45, 2.75) is 38.5 Å². The van der Waals surface area contributed by atoms with Gasteiger partial charge in [0.25, 0.3) is 0 Å². The molecule has 0 radical (unpaired) electrons. The third-order valence-corrected chi connectivity index (χ3v) is 5.90. The van der Waals surface area contributed by atoms with Gasteiger partial charge in [0.05, 0.1) is 5.75 Å². The first-order chi connectivity index (χ1) is 8.11. The highest BCUT2D eigenvalue weighted by Crippen LogP contribution is 2.32. The second-order valence-electron chi connectivity index (χ2n) is 5.53. The first-order valence-electron chi connectivity index (χ1n) is 6.64. The van der Waals surface area contributed by atoms with Crippen molar-refractivity contribution in [3.05, 3.63) is 0 Å². The molecule has 2 unspecified atom stereocenters. The Balaban J connectivity index is 1.79. The number of halogens is 1. The summed E-state index contributed by atoms with van der Waals surface area (Å²) in [6, 6.07) is 0. The van der Waals surface area contributed by atoms with Crippen LogP contribution in [0.15, 0.2) is 0 Å². The summed E-state index contributed by atoms with van der Waals surface area (Å²) < 4.78 is 26.3. The first-order valence-corrected chi connectivity index (χ1v) is 8.82. The minimum absolute atomic E-state index is 0.325. The monoisotopic (exact) mass is 279 g/mol. The van der Waals surface area contributed by atoms with E-state index in [1.807, 2.05) is 0 Å². The molecule has 2 aliphatic carbocycles. The summed E-state index contributed by atoms with van der Waals surface area (Å²) in [5, 5.41) is 0. The number of sulfonamides is 1. The molecule has 0 amide bonds. The summed E-state index contributed by atoms with van der Waals surface area (Å²) in [4.78, 5) is 0. The molecule has 0 aromatic heterocycles. The van der Waals surface area contributed by atoms with Gasteiger partial charge in [-0.05, 0) is 43.4 Å². The smallest absolute Gasteiger partial charge is 0.211 e. The van der Waals surface area contributed by atoms with Crippen LogP contribution >= 0.6 is 11.6 Å². The second kappa shape index (κ2) is 5.89. The fourth-order valence-corrected chi connectivity index (χ4v) is 4.59. The summed E-state index contributed by atoms with van der Waals surface area (Å²) in [5.74, 6) is 2.34. The predicted octanol–water partition coefficient (Wildman–Crippen LogP) is 2.36. The Hall–Kier alpha value is 0.200. The zero-order valence-corrected chi connectivity index (χ0v) is 11.8. The van der Waals surface area contributed by atoms with Gasteiger partial charge in [-0.3, -0.25) is 0 Å². The van der Waals surface area contributed by atoms with Crippen LogP contribution in [-0.4, -0.2) is 26.6 Å². The maximum Gasteiger partial charge on any atom is 0.211 e. The van der Waals surface area contributed by atoms with Gasteiger partial charge in [-0.15, -0.1) is 11.6 Å². The average Bonchev–Trinajstić information content (AvgIpc) is 3.10. The van der Waals surface area contributed by atoms with E-state index in [9.17, 15) is 8.42 Å². The van der Waals surface area contributed by atoms with Crippen LogP contribution in [0.1, 0.15) is 38.5 Å². The summed E-state index contributed by atoms with van der Waals surface area (Å²) in [7, 11) is -3.04. The number of hydrogen-bond donors (Lipinski definition) is 1. The molecule has 0 bridgehead atoms. The van der Waals surface area contributed by atoms with E-state index in [4.69, 9.17) is 11.6 Å². The van der Waals surface area contributed by atoms with E-state index in [1.165, 1.54) is 12.8 Å². The number of hydrogen-bond acceptors (Lipinski definition) is 2. The zero-order valence-electron chi connectivity index (χ0n) is 10.2. The van der Waals surface area contributed by atoms with E-state index < -0.39 is 10.0 Å². The molecule has 2 fully saturated rings. The lowest BCUT2D eigenvalue weighted by Crippen LogP contribution is -2.36. The third kappa shape index (κ3) is 4.42. The summed E-state index contributed by atoms with van der Waals surface area (Å²) in [6.45, 7) is 0.590. The molecule has 0 saturated heterocycles. The zero-order chi connectivity index (χ0) is 12.3. The first kappa shape index (κ1) is 13.6. The quantitative estimate of drug-likeness (QED) is 0.759. The van der Waals surface area contributed by atoms with Crippen molar-refractivity contribution in [2.24, 2.45) is 17.8 Å². The highest BCUT2D eigenvalue weighted by atomic mass is 35.5. The van der Waals surface area contributed by atoms with Crippen molar-refractivity contribution < 1.29 is 8.42 Å². The summed E-state index contributed by atoms with van der Waals surface area (Å²) in [5.41, 5.74) is 0. The summed E-state index contributed by atoms with van der Waals surface area (Å²) >= 11 is 5.94. The predicted molar refractivity (Wildman–Crippen MR) is 70.7 cm³/mol. The third-order valence-electron chi connectivity index (χ3n) is 3.98. The average molecular weight is 280 g/mol. The topological polar surface area (TPSA) is 46.2 Å². The van der Waals surface area contributed by atoms with Crippen molar-refractivity contribution in [1.29, 1.82) is 0 Å². The standard InChI is InChI=1S/C12H22ClNO2S/c13-7-11-3-1-2-4-12(11)8-14-17(15,16)9-10-5-6-10/h10-12,14H,1-9H2. The van der Waals surface area contributed by atoms with Crippen molar-refractivity contribution >= 4 is 21.6 Å². The normalized spacial score (nSPS) is 30.4. The molecule has 2 rings (SSSR count). The van der Waals surface area contributed by atoms with Crippen LogP contribution in [0.2, 0.25) is 0 Å². The van der Waals surface area contributed by atoms with Gasteiger partial charge in [0.15, 0.2) is 0 Å². The molecule has 3 nitrogen and oxygen atoms in total. The van der Waals surface area contributed by atoms with E-state index in [0.717, 1.165) is 25.7 Å². The van der Waals surface area contributed by atoms with Crippen LogP contribution in [0.25, 0.3) is 0 Å². The molecule has 5 heteroatoms. The van der Waals surface area contributed by atoms with Gasteiger partial charge < -0.3 is 0 Å². The highest BCUT2D eigenvalue weighted by Gasteiger charge is 2.30. The van der Waals surface area contributed by atoms with Gasteiger partial charge in [-0.2, -0.15) is 0 Å². The van der Waals surface area contributed by atoms with Gasteiger partial charge in [0.2, 0.25) is 10.0 Å². The molecule has 0 aromatic rings. The number of nitrogens with one attached hydrogen (secondary N) is 1. The van der Waals surface area contributed by atoms with E-state index in [2.05, 4.69) is 4.72 Å². The minimum Gasteiger partial charge on any atom is -0.215 e. The van der Waals surface area contributed by atoms with Gasteiger partial charge in [-0.25, -0.2) is 13.1 Å². The highest BCUT2D eigenvalue weighted by molar-refractivity contribution is 7.89. The molecule has 2 atom stereocenters. The molecule has 0 aliphatic heterocycles. The SMILES string of the molecule is O=S(=O)(CC1CC1)NCC1CCCCC1CCl. The Kier molecular flexibility index (Phi) is 4.72. The largest absolute Gasteiger partial charge is 0.215 e. The molecule has 100 valence electrons. The van der Waals surface area contributed by atoms with Crippen LogP contribution < -0.4 is 4.72 Å². The van der Waals surface area contributed by atoms with Crippen molar-refractivity contribution in [3.8, 4) is 0 Å². The van der Waals surface area contributed by atoms with Gasteiger partial charge in [0.1, 0.15) is 0 Å². The van der Waals surface area contributed by atoms with Crippen molar-refractivity contribution in [1.82, 2.24) is 4.72 Å². The van der Waals surface area contributed by atoms with Gasteiger partial charge in [-0.1, -0.05) is 12.8 Å². The van der Waals surface area contributed by atoms with E-state index in [1.54, 1.807) is 0 Å².